The van der Waals surface area contributed by atoms with Crippen LogP contribution in [0.25, 0.3) is 0 Å². The summed E-state index contributed by atoms with van der Waals surface area (Å²) in [6.07, 6.45) is 0.899. The van der Waals surface area contributed by atoms with E-state index < -0.39 is 18.1 Å². The number of nitrogens with one attached hydrogen (secondary N) is 4. The average Bonchev–Trinajstić information content (AvgIpc) is 3.41. The maximum atomic E-state index is 13.0. The Labute approximate surface area is 259 Å². The highest BCUT2D eigenvalue weighted by Crippen LogP contribution is 2.27. The maximum Gasteiger partial charge on any atom is 0.490 e. The van der Waals surface area contributed by atoms with Crippen LogP contribution in [0.2, 0.25) is 10.0 Å². The molecule has 0 radical (unpaired) electrons. The zero-order valence-corrected chi connectivity index (χ0v) is 24.6. The lowest BCUT2D eigenvalue weighted by atomic mass is 10.0. The van der Waals surface area contributed by atoms with Gasteiger partial charge in [0.2, 0.25) is 5.91 Å². The minimum absolute atomic E-state index is 0.0498. The van der Waals surface area contributed by atoms with Gasteiger partial charge in [-0.25, -0.2) is 4.79 Å². The number of alkyl halides is 3. The van der Waals surface area contributed by atoms with Gasteiger partial charge in [-0.05, 0) is 56.2 Å². The number of aromatic nitrogens is 2. The Morgan fingerprint density at radius 2 is 1.64 bits per heavy atom. The van der Waals surface area contributed by atoms with Crippen molar-refractivity contribution in [3.05, 3.63) is 82.1 Å². The first-order valence-corrected chi connectivity index (χ1v) is 13.7. The summed E-state index contributed by atoms with van der Waals surface area (Å²) in [5, 5.41) is 22.6. The summed E-state index contributed by atoms with van der Waals surface area (Å²) in [6.45, 7) is 3.25. The molecule has 2 aromatic carbocycles. The largest absolute Gasteiger partial charge is 0.490 e. The third-order valence-corrected chi connectivity index (χ3v) is 6.80. The normalized spacial score (nSPS) is 13.5. The number of amides is 3. The molecule has 1 fully saturated rings. The number of carboxylic acid groups (broad SMARTS) is 1. The lowest BCUT2D eigenvalue weighted by Crippen LogP contribution is -2.45. The van der Waals surface area contributed by atoms with Gasteiger partial charge in [0, 0.05) is 30.5 Å². The second-order valence-corrected chi connectivity index (χ2v) is 10.1. The molecule has 11 nitrogen and oxygen atoms in total. The van der Waals surface area contributed by atoms with Gasteiger partial charge in [-0.15, -0.1) is 0 Å². The Kier molecular flexibility index (Phi) is 11.8. The molecule has 3 aromatic rings. The standard InChI is InChI=1S/C26H26Cl2N6O3.C2HF3O2/c1-2-5-22(35)30-17-6-3-7-18(14-17)34-12-10-16(11-13-34)31-26(37)24-21(15-29-33-24)32-25(36)23-19(27)8-4-9-20(23)28;3-2(4,5)1(6)7/h2-9,14-16H,10-13H2,1H3,(H,29,33)(H,30,35)(H,31,37)(H,32,36);(H,6,7)/b5-2+;. The van der Waals surface area contributed by atoms with Gasteiger partial charge < -0.3 is 26.0 Å². The molecule has 4 rings (SSSR count). The molecule has 0 atom stereocenters. The number of anilines is 3. The van der Waals surface area contributed by atoms with Crippen LogP contribution in [0.1, 0.15) is 40.6 Å². The molecule has 1 aromatic heterocycles. The van der Waals surface area contributed by atoms with E-state index in [4.69, 9.17) is 33.1 Å². The number of rotatable bonds is 7. The monoisotopic (exact) mass is 654 g/mol. The third-order valence-electron chi connectivity index (χ3n) is 6.17. The van der Waals surface area contributed by atoms with E-state index in [0.29, 0.717) is 0 Å². The number of allylic oxidation sites excluding steroid dienone is 1. The Morgan fingerprint density at radius 3 is 2.23 bits per heavy atom. The molecule has 0 unspecified atom stereocenters. The zero-order valence-electron chi connectivity index (χ0n) is 23.0. The van der Waals surface area contributed by atoms with Gasteiger partial charge in [0.05, 0.1) is 27.5 Å². The molecule has 2 heterocycles. The number of carbonyl (C=O) groups is 4. The van der Waals surface area contributed by atoms with Crippen LogP contribution in [0.15, 0.2) is 60.8 Å². The highest BCUT2D eigenvalue weighted by molar-refractivity contribution is 6.40. The van der Waals surface area contributed by atoms with Crippen LogP contribution in [0.5, 0.6) is 0 Å². The van der Waals surface area contributed by atoms with Crippen molar-refractivity contribution in [2.45, 2.75) is 32.0 Å². The second-order valence-electron chi connectivity index (χ2n) is 9.29. The molecule has 0 spiro atoms. The fraction of sp³-hybridized carbons (Fsp3) is 0.250. The van der Waals surface area contributed by atoms with Gasteiger partial charge in [-0.3, -0.25) is 19.5 Å². The lowest BCUT2D eigenvalue weighted by Gasteiger charge is -2.34. The van der Waals surface area contributed by atoms with Crippen LogP contribution < -0.4 is 20.9 Å². The average molecular weight is 655 g/mol. The van der Waals surface area contributed by atoms with Crippen molar-refractivity contribution in [1.82, 2.24) is 15.5 Å². The Hall–Kier alpha value is -4.56. The van der Waals surface area contributed by atoms with Gasteiger partial charge in [0.25, 0.3) is 11.8 Å². The molecule has 44 heavy (non-hydrogen) atoms. The van der Waals surface area contributed by atoms with Gasteiger partial charge in [0.1, 0.15) is 5.69 Å². The Morgan fingerprint density at radius 1 is 1.02 bits per heavy atom. The molecule has 1 aliphatic heterocycles. The first-order chi connectivity index (χ1) is 20.8. The number of halogens is 5. The van der Waals surface area contributed by atoms with E-state index in [1.807, 2.05) is 24.3 Å². The minimum Gasteiger partial charge on any atom is -0.475 e. The van der Waals surface area contributed by atoms with Crippen molar-refractivity contribution in [2.24, 2.45) is 0 Å². The second kappa shape index (κ2) is 15.3. The summed E-state index contributed by atoms with van der Waals surface area (Å²) in [7, 11) is 0. The van der Waals surface area contributed by atoms with Gasteiger partial charge in [-0.2, -0.15) is 18.3 Å². The molecule has 3 amide bonds. The lowest BCUT2D eigenvalue weighted by molar-refractivity contribution is -0.192. The molecule has 5 N–H and O–H groups in total. The Balaban J connectivity index is 0.000000676. The van der Waals surface area contributed by atoms with E-state index in [0.717, 1.165) is 37.3 Å². The van der Waals surface area contributed by atoms with Crippen LogP contribution in [0, 0.1) is 0 Å². The van der Waals surface area contributed by atoms with Gasteiger partial charge in [0.15, 0.2) is 0 Å². The summed E-state index contributed by atoms with van der Waals surface area (Å²) in [4.78, 5) is 48.6. The topological polar surface area (TPSA) is 157 Å². The van der Waals surface area contributed by atoms with Crippen molar-refractivity contribution in [3.63, 3.8) is 0 Å². The van der Waals surface area contributed by atoms with Crippen LogP contribution in [0.3, 0.4) is 0 Å². The number of benzene rings is 2. The molecule has 1 aliphatic rings. The van der Waals surface area contributed by atoms with E-state index in [-0.39, 0.29) is 44.8 Å². The smallest absolute Gasteiger partial charge is 0.475 e. The molecular formula is C28H27Cl2F3N6O5. The van der Waals surface area contributed by atoms with E-state index in [1.54, 1.807) is 31.2 Å². The molecule has 0 saturated carbocycles. The highest BCUT2D eigenvalue weighted by atomic mass is 35.5. The number of H-pyrrole nitrogens is 1. The van der Waals surface area contributed by atoms with Gasteiger partial charge in [-0.1, -0.05) is 41.4 Å². The summed E-state index contributed by atoms with van der Waals surface area (Å²) in [6, 6.07) is 12.4. The number of aromatic amines is 1. The third kappa shape index (κ3) is 9.47. The number of carboxylic acids is 1. The van der Waals surface area contributed by atoms with Crippen LogP contribution in [-0.4, -0.2) is 64.3 Å². The van der Waals surface area contributed by atoms with Crippen molar-refractivity contribution in [2.75, 3.05) is 28.6 Å². The predicted octanol–water partition coefficient (Wildman–Crippen LogP) is 5.52. The number of hydrogen-bond acceptors (Lipinski definition) is 6. The van der Waals surface area contributed by atoms with Crippen LogP contribution in [-0.2, 0) is 9.59 Å². The summed E-state index contributed by atoms with van der Waals surface area (Å²) in [5.74, 6) is -3.84. The number of aliphatic carboxylic acids is 1. The summed E-state index contributed by atoms with van der Waals surface area (Å²) in [5.41, 5.74) is 2.22. The Bertz CT molecular complexity index is 1520. The quantitative estimate of drug-likeness (QED) is 0.210. The fourth-order valence-corrected chi connectivity index (χ4v) is 4.68. The minimum atomic E-state index is -5.08. The fourth-order valence-electron chi connectivity index (χ4n) is 4.11. The van der Waals surface area contributed by atoms with Gasteiger partial charge >= 0.3 is 12.1 Å². The predicted molar refractivity (Wildman–Crippen MR) is 159 cm³/mol. The van der Waals surface area contributed by atoms with E-state index in [2.05, 4.69) is 31.0 Å². The number of carbonyl (C=O) groups excluding carboxylic acids is 3. The molecule has 0 aliphatic carbocycles. The van der Waals surface area contributed by atoms with E-state index in [9.17, 15) is 27.6 Å². The summed E-state index contributed by atoms with van der Waals surface area (Å²) < 4.78 is 31.7. The number of hydrogen-bond donors (Lipinski definition) is 5. The zero-order chi connectivity index (χ0) is 32.4. The van der Waals surface area contributed by atoms with Crippen molar-refractivity contribution in [1.29, 1.82) is 0 Å². The first kappa shape index (κ1) is 33.9. The highest BCUT2D eigenvalue weighted by Gasteiger charge is 2.38. The molecule has 0 bridgehead atoms. The molecule has 16 heteroatoms. The molecular weight excluding hydrogens is 628 g/mol. The van der Waals surface area contributed by atoms with Crippen molar-refractivity contribution < 1.29 is 37.5 Å². The van der Waals surface area contributed by atoms with E-state index in [1.165, 1.54) is 12.3 Å². The maximum absolute atomic E-state index is 13.0. The van der Waals surface area contributed by atoms with E-state index >= 15 is 0 Å². The van der Waals surface area contributed by atoms with Crippen LogP contribution >= 0.6 is 23.2 Å². The SMILES string of the molecule is C/C=C/C(=O)Nc1cccc(N2CCC(NC(=O)c3[nH]ncc3NC(=O)c3c(Cl)cccc3Cl)CC2)c1.O=C(O)C(F)(F)F. The first-order valence-electron chi connectivity index (χ1n) is 13.0. The summed E-state index contributed by atoms with van der Waals surface area (Å²) >= 11 is 12.2. The number of nitrogens with zero attached hydrogens (tertiary/aromatic N) is 2. The van der Waals surface area contributed by atoms with Crippen molar-refractivity contribution in [3.8, 4) is 0 Å². The van der Waals surface area contributed by atoms with Crippen molar-refractivity contribution >= 4 is 64.0 Å². The molecule has 1 saturated heterocycles. The number of piperidine rings is 1. The molecule has 234 valence electrons. The van der Waals surface area contributed by atoms with Crippen LogP contribution in [0.4, 0.5) is 30.2 Å².